The second kappa shape index (κ2) is 6.86. The highest BCUT2D eigenvalue weighted by Gasteiger charge is 2.32. The summed E-state index contributed by atoms with van der Waals surface area (Å²) in [5.74, 6) is 2.30. The van der Waals surface area contributed by atoms with E-state index < -0.39 is 11.7 Å². The Balaban J connectivity index is 1.36. The smallest absolute Gasteiger partial charge is 0.381 e. The molecule has 0 N–H and O–H groups in total. The third-order valence-electron chi connectivity index (χ3n) is 5.00. The normalized spacial score (nSPS) is 22.1. The summed E-state index contributed by atoms with van der Waals surface area (Å²) in [6, 6.07) is 2.50. The number of anilines is 1. The predicted octanol–water partition coefficient (Wildman–Crippen LogP) is 3.37. The molecule has 4 heterocycles. The van der Waals surface area contributed by atoms with E-state index >= 15 is 0 Å². The van der Waals surface area contributed by atoms with E-state index in [1.54, 1.807) is 0 Å². The molecule has 0 aliphatic carbocycles. The molecule has 4 rings (SSSR count). The Bertz CT molecular complexity index is 733. The fourth-order valence-corrected chi connectivity index (χ4v) is 3.41. The lowest BCUT2D eigenvalue weighted by Gasteiger charge is -2.31. The number of nitrogens with zero attached hydrogens (tertiary/aromatic N) is 4. The SMILES string of the molecule is FC(F)(F)c1ccc(N2CCC(c3nc(C4CCOC4)no3)CC2)nc1. The van der Waals surface area contributed by atoms with E-state index in [1.165, 1.54) is 6.07 Å². The molecule has 2 aromatic heterocycles. The molecule has 0 saturated carbocycles. The standard InChI is InChI=1S/C17H19F3N4O2/c18-17(19,20)13-1-2-14(21-9-13)24-6-3-11(4-7-24)16-22-15(23-26-16)12-5-8-25-10-12/h1-2,9,11-12H,3-8,10H2. The monoisotopic (exact) mass is 368 g/mol. The number of rotatable bonds is 3. The lowest BCUT2D eigenvalue weighted by Crippen LogP contribution is -2.33. The number of pyridine rings is 1. The van der Waals surface area contributed by atoms with Crippen molar-refractivity contribution in [3.8, 4) is 0 Å². The van der Waals surface area contributed by atoms with Crippen LogP contribution in [0.1, 0.15) is 48.4 Å². The molecule has 6 nitrogen and oxygen atoms in total. The third kappa shape index (κ3) is 3.53. The Morgan fingerprint density at radius 1 is 1.08 bits per heavy atom. The van der Waals surface area contributed by atoms with Gasteiger partial charge in [0, 0.05) is 37.7 Å². The van der Waals surface area contributed by atoms with Crippen molar-refractivity contribution >= 4 is 5.82 Å². The molecule has 0 amide bonds. The molecule has 26 heavy (non-hydrogen) atoms. The van der Waals surface area contributed by atoms with E-state index in [-0.39, 0.29) is 11.8 Å². The van der Waals surface area contributed by atoms with Crippen molar-refractivity contribution in [3.05, 3.63) is 35.6 Å². The minimum atomic E-state index is -4.36. The lowest BCUT2D eigenvalue weighted by atomic mass is 9.96. The molecule has 2 saturated heterocycles. The topological polar surface area (TPSA) is 64.3 Å². The highest BCUT2D eigenvalue weighted by Crippen LogP contribution is 2.32. The molecule has 9 heteroatoms. The van der Waals surface area contributed by atoms with Crippen LogP contribution in [0.4, 0.5) is 19.0 Å². The van der Waals surface area contributed by atoms with E-state index in [9.17, 15) is 13.2 Å². The summed E-state index contributed by atoms with van der Waals surface area (Å²) < 4.78 is 48.7. The van der Waals surface area contributed by atoms with Crippen molar-refractivity contribution in [2.24, 2.45) is 0 Å². The Morgan fingerprint density at radius 2 is 1.88 bits per heavy atom. The quantitative estimate of drug-likeness (QED) is 0.828. The van der Waals surface area contributed by atoms with Crippen LogP contribution in [0.2, 0.25) is 0 Å². The molecule has 0 radical (unpaired) electrons. The Kier molecular flexibility index (Phi) is 4.56. The molecule has 0 aromatic carbocycles. The van der Waals surface area contributed by atoms with Crippen molar-refractivity contribution < 1.29 is 22.4 Å². The Hall–Kier alpha value is -2.16. The zero-order valence-electron chi connectivity index (χ0n) is 14.1. The van der Waals surface area contributed by atoms with Gasteiger partial charge >= 0.3 is 6.18 Å². The maximum Gasteiger partial charge on any atom is 0.417 e. The fourth-order valence-electron chi connectivity index (χ4n) is 3.41. The van der Waals surface area contributed by atoms with E-state index in [4.69, 9.17) is 9.26 Å². The molecular formula is C17H19F3N4O2. The fraction of sp³-hybridized carbons (Fsp3) is 0.588. The van der Waals surface area contributed by atoms with E-state index in [0.29, 0.717) is 37.2 Å². The second-order valence-corrected chi connectivity index (χ2v) is 6.72. The number of alkyl halides is 3. The van der Waals surface area contributed by atoms with E-state index in [1.807, 2.05) is 4.90 Å². The van der Waals surface area contributed by atoms with Crippen LogP contribution in [0.3, 0.4) is 0 Å². The first kappa shape index (κ1) is 17.3. The average molecular weight is 368 g/mol. The minimum Gasteiger partial charge on any atom is -0.381 e. The van der Waals surface area contributed by atoms with Gasteiger partial charge in [-0.05, 0) is 31.4 Å². The predicted molar refractivity (Wildman–Crippen MR) is 85.9 cm³/mol. The first-order valence-electron chi connectivity index (χ1n) is 8.70. The van der Waals surface area contributed by atoms with Crippen molar-refractivity contribution in [1.29, 1.82) is 0 Å². The zero-order chi connectivity index (χ0) is 18.1. The number of hydrogen-bond donors (Lipinski definition) is 0. The van der Waals surface area contributed by atoms with Crippen molar-refractivity contribution in [1.82, 2.24) is 15.1 Å². The zero-order valence-corrected chi connectivity index (χ0v) is 14.1. The van der Waals surface area contributed by atoms with Crippen LogP contribution in [0, 0.1) is 0 Å². The molecule has 140 valence electrons. The summed E-state index contributed by atoms with van der Waals surface area (Å²) in [6.07, 6.45) is -0.970. The second-order valence-electron chi connectivity index (χ2n) is 6.72. The number of ether oxygens (including phenoxy) is 1. The van der Waals surface area contributed by atoms with Gasteiger partial charge in [-0.1, -0.05) is 5.16 Å². The van der Waals surface area contributed by atoms with E-state index in [2.05, 4.69) is 15.1 Å². The summed E-state index contributed by atoms with van der Waals surface area (Å²) in [5, 5.41) is 4.08. The van der Waals surface area contributed by atoms with Crippen molar-refractivity contribution in [3.63, 3.8) is 0 Å². The summed E-state index contributed by atoms with van der Waals surface area (Å²) >= 11 is 0. The van der Waals surface area contributed by atoms with Gasteiger partial charge in [-0.2, -0.15) is 18.2 Å². The van der Waals surface area contributed by atoms with Crippen LogP contribution in [-0.4, -0.2) is 41.4 Å². The largest absolute Gasteiger partial charge is 0.417 e. The Morgan fingerprint density at radius 3 is 2.50 bits per heavy atom. The number of aromatic nitrogens is 3. The maximum absolute atomic E-state index is 12.6. The number of halogens is 3. The molecule has 2 fully saturated rings. The molecule has 0 spiro atoms. The van der Waals surface area contributed by atoms with Gasteiger partial charge in [-0.25, -0.2) is 4.98 Å². The number of hydrogen-bond acceptors (Lipinski definition) is 6. The minimum absolute atomic E-state index is 0.171. The summed E-state index contributed by atoms with van der Waals surface area (Å²) in [4.78, 5) is 10.5. The van der Waals surface area contributed by atoms with Crippen LogP contribution in [0.25, 0.3) is 0 Å². The highest BCUT2D eigenvalue weighted by molar-refractivity contribution is 5.40. The van der Waals surface area contributed by atoms with Crippen molar-refractivity contribution in [2.75, 3.05) is 31.2 Å². The van der Waals surface area contributed by atoms with Gasteiger partial charge in [-0.3, -0.25) is 0 Å². The van der Waals surface area contributed by atoms with Gasteiger partial charge in [-0.15, -0.1) is 0 Å². The molecule has 2 aliphatic heterocycles. The Labute approximate surface area is 148 Å². The maximum atomic E-state index is 12.6. The molecule has 2 aromatic rings. The first-order valence-corrected chi connectivity index (χ1v) is 8.70. The van der Waals surface area contributed by atoms with E-state index in [0.717, 1.165) is 38.1 Å². The van der Waals surface area contributed by atoms with Crippen LogP contribution >= 0.6 is 0 Å². The summed E-state index contributed by atoms with van der Waals surface area (Å²) in [5.41, 5.74) is -0.731. The van der Waals surface area contributed by atoms with Gasteiger partial charge in [0.1, 0.15) is 5.82 Å². The van der Waals surface area contributed by atoms with Gasteiger partial charge < -0.3 is 14.2 Å². The van der Waals surface area contributed by atoms with Crippen LogP contribution in [-0.2, 0) is 10.9 Å². The van der Waals surface area contributed by atoms with Crippen LogP contribution in [0.5, 0.6) is 0 Å². The lowest BCUT2D eigenvalue weighted by molar-refractivity contribution is -0.137. The van der Waals surface area contributed by atoms with Crippen LogP contribution in [0.15, 0.2) is 22.9 Å². The highest BCUT2D eigenvalue weighted by atomic mass is 19.4. The molecule has 2 aliphatic rings. The molecular weight excluding hydrogens is 349 g/mol. The van der Waals surface area contributed by atoms with Gasteiger partial charge in [0.25, 0.3) is 0 Å². The number of piperidine rings is 1. The summed E-state index contributed by atoms with van der Waals surface area (Å²) in [7, 11) is 0. The third-order valence-corrected chi connectivity index (χ3v) is 5.00. The van der Waals surface area contributed by atoms with Crippen molar-refractivity contribution in [2.45, 2.75) is 37.3 Å². The first-order chi connectivity index (χ1) is 12.5. The average Bonchev–Trinajstić information content (AvgIpc) is 3.33. The molecule has 1 atom stereocenters. The molecule has 1 unspecified atom stereocenters. The van der Waals surface area contributed by atoms with Gasteiger partial charge in [0.05, 0.1) is 12.2 Å². The van der Waals surface area contributed by atoms with Crippen LogP contribution < -0.4 is 4.90 Å². The summed E-state index contributed by atoms with van der Waals surface area (Å²) in [6.45, 7) is 2.74. The van der Waals surface area contributed by atoms with Gasteiger partial charge in [0.15, 0.2) is 5.82 Å². The van der Waals surface area contributed by atoms with Gasteiger partial charge in [0.2, 0.25) is 5.89 Å². The molecule has 0 bridgehead atoms.